The zero-order valence-corrected chi connectivity index (χ0v) is 31.4. The molecule has 0 radical (unpaired) electrons. The molecule has 0 heterocycles. The Morgan fingerprint density at radius 2 is 0.881 bits per heavy atom. The monoisotopic (exact) mass is 660 g/mol. The number of aryl methyl sites for hydroxylation is 6. The Labute approximate surface area is 258 Å². The maximum absolute atomic E-state index is 9.33. The van der Waals surface area contributed by atoms with Gasteiger partial charge in [-0.2, -0.15) is 0 Å². The number of benzene rings is 2. The van der Waals surface area contributed by atoms with Gasteiger partial charge in [0.1, 0.15) is 11.5 Å². The predicted molar refractivity (Wildman–Crippen MR) is 182 cm³/mol. The van der Waals surface area contributed by atoms with E-state index in [2.05, 4.69) is 40.4 Å². The fourth-order valence-electron chi connectivity index (χ4n) is 7.97. The number of aromatic hydroxyl groups is 2. The third-order valence-electron chi connectivity index (χ3n) is 10.2. The summed E-state index contributed by atoms with van der Waals surface area (Å²) in [5, 5.41) is 18.7. The first kappa shape index (κ1) is 33.0. The maximum atomic E-state index is 9.33. The summed E-state index contributed by atoms with van der Waals surface area (Å²) in [6.07, 6.45) is 21.5. The molecule has 2 atom stereocenters. The second-order valence-corrected chi connectivity index (χ2v) is 45.3. The van der Waals surface area contributed by atoms with Crippen LogP contribution in [-0.2, 0) is 17.4 Å². The summed E-state index contributed by atoms with van der Waals surface area (Å²) in [6, 6.07) is 7.90. The molecule has 42 heavy (non-hydrogen) atoms. The van der Waals surface area contributed by atoms with Crippen molar-refractivity contribution in [1.29, 1.82) is 0 Å². The van der Waals surface area contributed by atoms with Gasteiger partial charge in [0.25, 0.3) is 0 Å². The van der Waals surface area contributed by atoms with E-state index in [0.717, 1.165) is 29.5 Å². The summed E-state index contributed by atoms with van der Waals surface area (Å²) in [6.45, 7) is 14.2. The third-order valence-corrected chi connectivity index (χ3v) is 28.1. The van der Waals surface area contributed by atoms with E-state index >= 15 is 0 Å². The molecule has 2 nitrogen and oxygen atoms in total. The Balaban J connectivity index is 0.000000169. The van der Waals surface area contributed by atoms with Gasteiger partial charge in [-0.25, -0.2) is 0 Å². The molecule has 0 aromatic heterocycles. The minimum absolute atomic E-state index is 0.422. The molecule has 0 aliphatic heterocycles. The van der Waals surface area contributed by atoms with Crippen LogP contribution in [0.15, 0.2) is 70.9 Å². The van der Waals surface area contributed by atoms with Crippen LogP contribution in [0.2, 0.25) is 16.5 Å². The quantitative estimate of drug-likeness (QED) is 0.315. The molecule has 6 rings (SSSR count). The number of phenolic OH excluding ortho intramolecular Hbond substituents is 2. The molecule has 2 unspecified atom stereocenters. The van der Waals surface area contributed by atoms with Crippen LogP contribution in [0.5, 0.6) is 11.5 Å². The van der Waals surface area contributed by atoms with Gasteiger partial charge in [-0.05, 0) is 63.8 Å². The minimum atomic E-state index is -2.85. The van der Waals surface area contributed by atoms with Crippen molar-refractivity contribution >= 4 is 6.88 Å². The van der Waals surface area contributed by atoms with Gasteiger partial charge in [-0.15, -0.1) is 0 Å². The van der Waals surface area contributed by atoms with Gasteiger partial charge in [-0.1, -0.05) is 35.4 Å². The van der Waals surface area contributed by atoms with Crippen molar-refractivity contribution in [2.24, 2.45) is 0 Å². The van der Waals surface area contributed by atoms with Crippen LogP contribution in [-0.4, -0.2) is 17.1 Å². The molecule has 4 aliphatic carbocycles. The molecule has 0 bridgehead atoms. The van der Waals surface area contributed by atoms with Gasteiger partial charge in [0.15, 0.2) is 0 Å². The Kier molecular flexibility index (Phi) is 10.2. The van der Waals surface area contributed by atoms with Crippen LogP contribution in [0, 0.1) is 41.5 Å². The fourth-order valence-corrected chi connectivity index (χ4v) is 24.3. The molecule has 0 saturated heterocycles. The van der Waals surface area contributed by atoms with Gasteiger partial charge in [-0.3, -0.25) is 0 Å². The van der Waals surface area contributed by atoms with Gasteiger partial charge in [0.2, 0.25) is 0 Å². The SMILES string of the molecule is Cc1cc(C)c(O)c(C)c1.Cc1cc(C)c(O)c(C)c1.[CH3][Zr]([CH3])(=[SiH2])([CH]1C=CC2=C1CCCC2)[CH]1C=CC2=C1CCCC2. The third kappa shape index (κ3) is 7.07. The van der Waals surface area contributed by atoms with Crippen molar-refractivity contribution in [2.45, 2.75) is 109 Å². The summed E-state index contributed by atoms with van der Waals surface area (Å²) < 4.78 is 7.22. The number of hydrogen-bond donors (Lipinski definition) is 2. The van der Waals surface area contributed by atoms with E-state index in [1.165, 1.54) is 62.5 Å². The van der Waals surface area contributed by atoms with Crippen molar-refractivity contribution in [3.8, 4) is 11.5 Å². The molecule has 4 aliphatic rings. The molecular formula is C38H54O2SiZr. The topological polar surface area (TPSA) is 40.5 Å². The van der Waals surface area contributed by atoms with E-state index in [9.17, 15) is 10.2 Å². The van der Waals surface area contributed by atoms with E-state index in [1.807, 2.05) is 77.0 Å². The summed E-state index contributed by atoms with van der Waals surface area (Å²) in [5.41, 5.74) is 13.4. The van der Waals surface area contributed by atoms with Crippen LogP contribution < -0.4 is 0 Å². The molecule has 2 N–H and O–H groups in total. The molecular weight excluding hydrogens is 608 g/mol. The van der Waals surface area contributed by atoms with Gasteiger partial charge in [0, 0.05) is 0 Å². The fraction of sp³-hybridized carbons (Fsp3) is 0.474. The zero-order valence-electron chi connectivity index (χ0n) is 27.5. The Bertz CT molecular complexity index is 1390. The van der Waals surface area contributed by atoms with Crippen LogP contribution in [0.4, 0.5) is 0 Å². The standard InChI is InChI=1S/2C9H12O.2C9H11.2CH3.H2Si.Zr/c2*1-6-4-7(2)9(10)8(3)5-6;2*1-2-5-9-7-3-6-8(9)4-1;;;;/h2*4-5,10H,1-3H3;2*3,6-7H,1-2,4-5H2;2*1H3;1H2;. The number of hydrogen-bond acceptors (Lipinski definition) is 2. The average Bonchev–Trinajstić information content (AvgIpc) is 3.57. The second-order valence-electron chi connectivity index (χ2n) is 14.6. The summed E-state index contributed by atoms with van der Waals surface area (Å²) >= 11 is -2.85. The first-order valence-corrected chi connectivity index (χ1v) is 29.8. The van der Waals surface area contributed by atoms with E-state index in [1.54, 1.807) is 11.1 Å². The Hall–Kier alpha value is -1.90. The molecule has 2 aromatic carbocycles. The molecule has 0 amide bonds. The first-order valence-electron chi connectivity index (χ1n) is 16.1. The van der Waals surface area contributed by atoms with E-state index < -0.39 is 17.4 Å². The molecule has 226 valence electrons. The average molecular weight is 662 g/mol. The Morgan fingerprint density at radius 3 is 1.21 bits per heavy atom. The molecule has 0 fully saturated rings. The van der Waals surface area contributed by atoms with Gasteiger partial charge in [0.05, 0.1) is 0 Å². The molecule has 4 heteroatoms. The van der Waals surface area contributed by atoms with Gasteiger partial charge < -0.3 is 10.2 Å². The zero-order chi connectivity index (χ0) is 30.8. The van der Waals surface area contributed by atoms with E-state index in [4.69, 9.17) is 0 Å². The Morgan fingerprint density at radius 1 is 0.571 bits per heavy atom. The second kappa shape index (κ2) is 13.0. The van der Waals surface area contributed by atoms with Crippen LogP contribution in [0.25, 0.3) is 0 Å². The van der Waals surface area contributed by atoms with Gasteiger partial charge >= 0.3 is 139 Å². The van der Waals surface area contributed by atoms with Crippen molar-refractivity contribution in [1.82, 2.24) is 0 Å². The number of allylic oxidation sites excluding steroid dienone is 8. The van der Waals surface area contributed by atoms with Crippen molar-refractivity contribution < 1.29 is 27.6 Å². The van der Waals surface area contributed by atoms with Crippen molar-refractivity contribution in [3.63, 3.8) is 0 Å². The van der Waals surface area contributed by atoms with Crippen LogP contribution >= 0.6 is 0 Å². The van der Waals surface area contributed by atoms with Crippen LogP contribution in [0.3, 0.4) is 0 Å². The summed E-state index contributed by atoms with van der Waals surface area (Å²) in [4.78, 5) is 0. The van der Waals surface area contributed by atoms with E-state index in [-0.39, 0.29) is 0 Å². The summed E-state index contributed by atoms with van der Waals surface area (Å²) in [7, 11) is 0. The normalized spacial score (nSPS) is 21.4. The molecule has 0 saturated carbocycles. The van der Waals surface area contributed by atoms with Crippen LogP contribution in [0.1, 0.15) is 84.7 Å². The molecule has 0 spiro atoms. The first-order chi connectivity index (χ1) is 19.7. The van der Waals surface area contributed by atoms with E-state index in [0.29, 0.717) is 11.5 Å². The number of rotatable bonds is 2. The number of phenols is 2. The van der Waals surface area contributed by atoms with Crippen molar-refractivity contribution in [2.75, 3.05) is 0 Å². The predicted octanol–water partition coefficient (Wildman–Crippen LogP) is 10.4. The van der Waals surface area contributed by atoms with Crippen molar-refractivity contribution in [3.05, 3.63) is 104 Å². The summed E-state index contributed by atoms with van der Waals surface area (Å²) in [5.74, 6) is 0.844. The molecule has 2 aromatic rings.